The van der Waals surface area contributed by atoms with E-state index in [1.54, 1.807) is 0 Å². The number of hydrogen-bond donors (Lipinski definition) is 2. The second kappa shape index (κ2) is 9.50. The number of ether oxygens (including phenoxy) is 1. The summed E-state index contributed by atoms with van der Waals surface area (Å²) in [4.78, 5) is 14.3. The van der Waals surface area contributed by atoms with Crippen LogP contribution in [-0.4, -0.2) is 36.1 Å². The number of methoxy groups -OCH3 is 1. The Morgan fingerprint density at radius 1 is 1.03 bits per heavy atom. The number of carbonyl (C=O) groups is 1. The Bertz CT molecular complexity index is 968. The average molecular weight is 476 g/mol. The number of aromatic hydroxyl groups is 1. The zero-order chi connectivity index (χ0) is 24.4. The molecule has 2 aromatic rings. The van der Waals surface area contributed by atoms with Gasteiger partial charge in [-0.2, -0.15) is 26.3 Å². The number of phenols is 1. The van der Waals surface area contributed by atoms with Gasteiger partial charge in [-0.3, -0.25) is 4.79 Å². The van der Waals surface area contributed by atoms with Crippen molar-refractivity contribution in [2.75, 3.05) is 20.2 Å². The van der Waals surface area contributed by atoms with Gasteiger partial charge in [0.1, 0.15) is 0 Å². The van der Waals surface area contributed by atoms with Gasteiger partial charge in [0.05, 0.1) is 24.2 Å². The quantitative estimate of drug-likeness (QED) is 0.600. The van der Waals surface area contributed by atoms with Crippen molar-refractivity contribution in [1.82, 2.24) is 10.2 Å². The molecule has 1 atom stereocenters. The Morgan fingerprint density at radius 2 is 1.64 bits per heavy atom. The number of alkyl halides is 6. The van der Waals surface area contributed by atoms with E-state index >= 15 is 0 Å². The van der Waals surface area contributed by atoms with Crippen molar-refractivity contribution in [3.05, 3.63) is 58.7 Å². The van der Waals surface area contributed by atoms with E-state index in [9.17, 15) is 36.2 Å². The van der Waals surface area contributed by atoms with Gasteiger partial charge in [-0.25, -0.2) is 0 Å². The SMILES string of the molecule is COc1cc(CN(Cc2cc(C(F)(F)F)cc(C(F)(F)F)c2)C(=O)[C@H]2CCNC2)ccc1O. The number of nitrogens with zero attached hydrogens (tertiary/aromatic N) is 1. The predicted octanol–water partition coefficient (Wildman–Crippen LogP) is 4.58. The highest BCUT2D eigenvalue weighted by Gasteiger charge is 2.37. The molecule has 0 saturated carbocycles. The standard InChI is InChI=1S/C22H22F6N2O3/c1-33-19-8-13(2-3-18(19)31)11-30(20(32)15-4-5-29-10-15)12-14-6-16(21(23,24)25)9-17(7-14)22(26,27)28/h2-3,6-9,15,29,31H,4-5,10-12H2,1H3/t15-/m0/s1. The van der Waals surface area contributed by atoms with Crippen LogP contribution < -0.4 is 10.1 Å². The number of nitrogens with one attached hydrogen (secondary N) is 1. The van der Waals surface area contributed by atoms with Crippen molar-refractivity contribution in [1.29, 1.82) is 0 Å². The summed E-state index contributed by atoms with van der Waals surface area (Å²) in [7, 11) is 1.33. The first-order valence-electron chi connectivity index (χ1n) is 10.0. The minimum Gasteiger partial charge on any atom is -0.504 e. The Balaban J connectivity index is 1.98. The van der Waals surface area contributed by atoms with Crippen molar-refractivity contribution in [3.8, 4) is 11.5 Å². The molecule has 11 heteroatoms. The summed E-state index contributed by atoms with van der Waals surface area (Å²) < 4.78 is 84.6. The molecule has 2 N–H and O–H groups in total. The zero-order valence-corrected chi connectivity index (χ0v) is 17.6. The van der Waals surface area contributed by atoms with Crippen molar-refractivity contribution in [3.63, 3.8) is 0 Å². The summed E-state index contributed by atoms with van der Waals surface area (Å²) in [6.45, 7) is 0.402. The number of halogens is 6. The number of benzene rings is 2. The van der Waals surface area contributed by atoms with E-state index < -0.39 is 41.8 Å². The Morgan fingerprint density at radius 3 is 2.15 bits per heavy atom. The molecule has 1 aliphatic rings. The fourth-order valence-electron chi connectivity index (χ4n) is 3.71. The highest BCUT2D eigenvalue weighted by atomic mass is 19.4. The van der Waals surface area contributed by atoms with Crippen molar-refractivity contribution in [2.24, 2.45) is 5.92 Å². The maximum atomic E-state index is 13.3. The summed E-state index contributed by atoms with van der Waals surface area (Å²) >= 11 is 0. The van der Waals surface area contributed by atoms with Crippen LogP contribution in [0.4, 0.5) is 26.3 Å². The van der Waals surface area contributed by atoms with Crippen LogP contribution >= 0.6 is 0 Å². The van der Waals surface area contributed by atoms with Gasteiger partial charge in [0, 0.05) is 19.6 Å². The third kappa shape index (κ3) is 6.10. The summed E-state index contributed by atoms with van der Waals surface area (Å²) in [5.74, 6) is -0.859. The molecule has 0 spiro atoms. The molecule has 0 radical (unpaired) electrons. The molecule has 1 amide bonds. The third-order valence-corrected chi connectivity index (χ3v) is 5.36. The molecule has 0 unspecified atom stereocenters. The molecule has 0 aliphatic carbocycles. The van der Waals surface area contributed by atoms with Crippen LogP contribution in [-0.2, 0) is 30.2 Å². The molecular formula is C22H22F6N2O3. The molecule has 3 rings (SSSR count). The first-order chi connectivity index (χ1) is 15.4. The van der Waals surface area contributed by atoms with E-state index in [-0.39, 0.29) is 29.7 Å². The highest BCUT2D eigenvalue weighted by molar-refractivity contribution is 5.79. The second-order valence-corrected chi connectivity index (χ2v) is 7.80. The van der Waals surface area contributed by atoms with Crippen LogP contribution in [0.15, 0.2) is 36.4 Å². The zero-order valence-electron chi connectivity index (χ0n) is 17.6. The maximum absolute atomic E-state index is 13.3. The lowest BCUT2D eigenvalue weighted by Crippen LogP contribution is -2.36. The van der Waals surface area contributed by atoms with Crippen LogP contribution in [0.5, 0.6) is 11.5 Å². The lowest BCUT2D eigenvalue weighted by Gasteiger charge is -2.27. The van der Waals surface area contributed by atoms with Crippen LogP contribution in [0.25, 0.3) is 0 Å². The average Bonchev–Trinajstić information content (AvgIpc) is 3.27. The number of amides is 1. The number of phenolic OH excluding ortho intramolecular Hbond substituents is 1. The smallest absolute Gasteiger partial charge is 0.416 e. The molecule has 1 fully saturated rings. The van der Waals surface area contributed by atoms with Crippen LogP contribution in [0.2, 0.25) is 0 Å². The van der Waals surface area contributed by atoms with Crippen molar-refractivity contribution in [2.45, 2.75) is 31.9 Å². The van der Waals surface area contributed by atoms with E-state index in [1.165, 1.54) is 30.2 Å². The largest absolute Gasteiger partial charge is 0.504 e. The Labute approximate surface area is 186 Å². The number of rotatable bonds is 6. The van der Waals surface area contributed by atoms with E-state index in [2.05, 4.69) is 5.32 Å². The summed E-state index contributed by atoms with van der Waals surface area (Å²) in [6.07, 6.45) is -9.46. The predicted molar refractivity (Wildman–Crippen MR) is 106 cm³/mol. The molecule has 5 nitrogen and oxygen atoms in total. The van der Waals surface area contributed by atoms with Gasteiger partial charge in [-0.1, -0.05) is 6.07 Å². The molecule has 33 heavy (non-hydrogen) atoms. The number of hydrogen-bond acceptors (Lipinski definition) is 4. The monoisotopic (exact) mass is 476 g/mol. The van der Waals surface area contributed by atoms with Gasteiger partial charge in [0.25, 0.3) is 0 Å². The van der Waals surface area contributed by atoms with Gasteiger partial charge < -0.3 is 20.1 Å². The van der Waals surface area contributed by atoms with E-state index in [0.29, 0.717) is 37.2 Å². The topological polar surface area (TPSA) is 61.8 Å². The minimum absolute atomic E-state index is 0.0569. The van der Waals surface area contributed by atoms with Gasteiger partial charge in [-0.15, -0.1) is 0 Å². The molecule has 0 aromatic heterocycles. The lowest BCUT2D eigenvalue weighted by atomic mass is 10.0. The van der Waals surface area contributed by atoms with Crippen LogP contribution in [0, 0.1) is 5.92 Å². The molecule has 2 aromatic carbocycles. The van der Waals surface area contributed by atoms with Crippen LogP contribution in [0.3, 0.4) is 0 Å². The third-order valence-electron chi connectivity index (χ3n) is 5.36. The van der Waals surface area contributed by atoms with Crippen molar-refractivity contribution >= 4 is 5.91 Å². The minimum atomic E-state index is -4.98. The normalized spacial score (nSPS) is 16.6. The fraction of sp³-hybridized carbons (Fsp3) is 0.409. The molecule has 1 aliphatic heterocycles. The van der Waals surface area contributed by atoms with E-state index in [4.69, 9.17) is 4.74 Å². The summed E-state index contributed by atoms with van der Waals surface area (Å²) in [5, 5.41) is 12.8. The fourth-order valence-corrected chi connectivity index (χ4v) is 3.71. The van der Waals surface area contributed by atoms with Gasteiger partial charge in [-0.05, 0) is 54.4 Å². The molecule has 180 valence electrons. The summed E-state index contributed by atoms with van der Waals surface area (Å²) in [5.41, 5.74) is -2.67. The summed E-state index contributed by atoms with van der Waals surface area (Å²) in [6, 6.07) is 5.59. The maximum Gasteiger partial charge on any atom is 0.416 e. The Kier molecular flexibility index (Phi) is 7.11. The van der Waals surface area contributed by atoms with Gasteiger partial charge >= 0.3 is 12.4 Å². The first-order valence-corrected chi connectivity index (χ1v) is 10.0. The van der Waals surface area contributed by atoms with Gasteiger partial charge in [0.15, 0.2) is 11.5 Å². The van der Waals surface area contributed by atoms with Crippen LogP contribution in [0.1, 0.15) is 28.7 Å². The van der Waals surface area contributed by atoms with Crippen molar-refractivity contribution < 1.29 is 41.0 Å². The molecular weight excluding hydrogens is 454 g/mol. The van der Waals surface area contributed by atoms with E-state index in [1.807, 2.05) is 0 Å². The molecule has 1 saturated heterocycles. The molecule has 1 heterocycles. The second-order valence-electron chi connectivity index (χ2n) is 7.80. The molecule has 0 bridgehead atoms. The highest BCUT2D eigenvalue weighted by Crippen LogP contribution is 2.37. The Hall–Kier alpha value is -2.95. The lowest BCUT2D eigenvalue weighted by molar-refractivity contribution is -0.143. The van der Waals surface area contributed by atoms with E-state index in [0.717, 1.165) is 0 Å². The first kappa shape index (κ1) is 24.7. The van der Waals surface area contributed by atoms with Gasteiger partial charge in [0.2, 0.25) is 5.91 Å². The number of carbonyl (C=O) groups excluding carboxylic acids is 1.